The van der Waals surface area contributed by atoms with Crippen molar-refractivity contribution in [3.8, 4) is 0 Å². The Labute approximate surface area is 84.9 Å². The Morgan fingerprint density at radius 3 is 3.14 bits per heavy atom. The minimum atomic E-state index is 0.608. The van der Waals surface area contributed by atoms with E-state index in [4.69, 9.17) is 0 Å². The van der Waals surface area contributed by atoms with Crippen molar-refractivity contribution in [1.29, 1.82) is 0 Å². The zero-order chi connectivity index (χ0) is 9.97. The molecule has 1 saturated heterocycles. The molecule has 1 atom stereocenters. The first-order chi connectivity index (χ1) is 6.75. The summed E-state index contributed by atoms with van der Waals surface area (Å²) in [5, 5.41) is 7.62. The largest absolute Gasteiger partial charge is 0.312 e. The standard InChI is InChI=1S/C10H18N4/c1-9-7-14(6-5-11-9)8-10-3-4-12-13(10)2/h3-4,9,11H,5-8H2,1-2H3. The van der Waals surface area contributed by atoms with Crippen molar-refractivity contribution in [1.82, 2.24) is 20.0 Å². The van der Waals surface area contributed by atoms with Crippen LogP contribution in [0.5, 0.6) is 0 Å². The molecular weight excluding hydrogens is 176 g/mol. The van der Waals surface area contributed by atoms with Gasteiger partial charge in [-0.25, -0.2) is 0 Å². The highest BCUT2D eigenvalue weighted by atomic mass is 15.3. The third-order valence-corrected chi connectivity index (χ3v) is 2.76. The fourth-order valence-electron chi connectivity index (χ4n) is 1.94. The molecule has 1 aromatic heterocycles. The SMILES string of the molecule is CC1CN(Cc2ccnn2C)CCN1. The zero-order valence-corrected chi connectivity index (χ0v) is 8.90. The van der Waals surface area contributed by atoms with E-state index in [0.717, 1.165) is 26.2 Å². The van der Waals surface area contributed by atoms with E-state index in [2.05, 4.69) is 28.3 Å². The van der Waals surface area contributed by atoms with Crippen LogP contribution in [0.3, 0.4) is 0 Å². The number of nitrogens with zero attached hydrogens (tertiary/aromatic N) is 3. The van der Waals surface area contributed by atoms with Crippen LogP contribution in [0.2, 0.25) is 0 Å². The summed E-state index contributed by atoms with van der Waals surface area (Å²) in [6.45, 7) is 6.61. The summed E-state index contributed by atoms with van der Waals surface area (Å²) >= 11 is 0. The molecule has 14 heavy (non-hydrogen) atoms. The quantitative estimate of drug-likeness (QED) is 0.731. The van der Waals surface area contributed by atoms with Crippen molar-refractivity contribution in [3.05, 3.63) is 18.0 Å². The van der Waals surface area contributed by atoms with Gasteiger partial charge in [-0.05, 0) is 13.0 Å². The lowest BCUT2D eigenvalue weighted by molar-refractivity contribution is 0.195. The molecule has 78 valence electrons. The van der Waals surface area contributed by atoms with E-state index in [9.17, 15) is 0 Å². The lowest BCUT2D eigenvalue weighted by Gasteiger charge is -2.31. The van der Waals surface area contributed by atoms with Gasteiger partial charge in [-0.1, -0.05) is 0 Å². The molecule has 2 heterocycles. The van der Waals surface area contributed by atoms with E-state index < -0.39 is 0 Å². The number of hydrogen-bond acceptors (Lipinski definition) is 3. The third kappa shape index (κ3) is 2.13. The van der Waals surface area contributed by atoms with Gasteiger partial charge in [0.1, 0.15) is 0 Å². The molecule has 0 bridgehead atoms. The second kappa shape index (κ2) is 4.11. The molecule has 0 saturated carbocycles. The Hall–Kier alpha value is -0.870. The van der Waals surface area contributed by atoms with Crippen LogP contribution in [0.25, 0.3) is 0 Å². The molecule has 1 N–H and O–H groups in total. The average Bonchev–Trinajstić information content (AvgIpc) is 2.52. The molecule has 2 rings (SSSR count). The molecule has 1 fully saturated rings. The van der Waals surface area contributed by atoms with Crippen molar-refractivity contribution in [2.75, 3.05) is 19.6 Å². The van der Waals surface area contributed by atoms with Crippen LogP contribution in [0.4, 0.5) is 0 Å². The first kappa shape index (κ1) is 9.68. The summed E-state index contributed by atoms with van der Waals surface area (Å²) in [7, 11) is 2.00. The maximum atomic E-state index is 4.18. The van der Waals surface area contributed by atoms with Crippen molar-refractivity contribution in [2.45, 2.75) is 19.5 Å². The van der Waals surface area contributed by atoms with Crippen molar-refractivity contribution < 1.29 is 0 Å². The molecule has 1 aliphatic rings. The molecule has 0 aromatic carbocycles. The molecule has 0 aliphatic carbocycles. The van der Waals surface area contributed by atoms with Gasteiger partial charge in [0.05, 0.1) is 5.69 Å². The van der Waals surface area contributed by atoms with Gasteiger partial charge in [-0.15, -0.1) is 0 Å². The predicted octanol–water partition coefficient (Wildman–Crippen LogP) is 0.214. The Balaban J connectivity index is 1.94. The van der Waals surface area contributed by atoms with Gasteiger partial charge in [0.25, 0.3) is 0 Å². The van der Waals surface area contributed by atoms with Gasteiger partial charge >= 0.3 is 0 Å². The van der Waals surface area contributed by atoms with Gasteiger partial charge in [0.15, 0.2) is 0 Å². The monoisotopic (exact) mass is 194 g/mol. The number of aryl methyl sites for hydroxylation is 1. The highest BCUT2D eigenvalue weighted by molar-refractivity contribution is 5.00. The minimum Gasteiger partial charge on any atom is -0.312 e. The second-order valence-corrected chi connectivity index (χ2v) is 4.04. The number of nitrogens with one attached hydrogen (secondary N) is 1. The number of aromatic nitrogens is 2. The summed E-state index contributed by atoms with van der Waals surface area (Å²) in [5.74, 6) is 0. The zero-order valence-electron chi connectivity index (χ0n) is 8.90. The predicted molar refractivity (Wildman–Crippen MR) is 55.9 cm³/mol. The van der Waals surface area contributed by atoms with E-state index in [1.54, 1.807) is 0 Å². The molecule has 0 radical (unpaired) electrons. The molecular formula is C10H18N4. The van der Waals surface area contributed by atoms with Crippen LogP contribution in [-0.2, 0) is 13.6 Å². The van der Waals surface area contributed by atoms with Crippen LogP contribution in [0.1, 0.15) is 12.6 Å². The van der Waals surface area contributed by atoms with E-state index >= 15 is 0 Å². The smallest absolute Gasteiger partial charge is 0.0521 e. The topological polar surface area (TPSA) is 33.1 Å². The van der Waals surface area contributed by atoms with Crippen LogP contribution in [0, 0.1) is 0 Å². The highest BCUT2D eigenvalue weighted by Gasteiger charge is 2.16. The normalized spacial score (nSPS) is 24.0. The van der Waals surface area contributed by atoms with Gasteiger partial charge < -0.3 is 5.32 Å². The molecule has 4 nitrogen and oxygen atoms in total. The summed E-state index contributed by atoms with van der Waals surface area (Å²) in [5.41, 5.74) is 1.29. The molecule has 0 spiro atoms. The maximum absolute atomic E-state index is 4.18. The maximum Gasteiger partial charge on any atom is 0.0521 e. The van der Waals surface area contributed by atoms with Crippen LogP contribution < -0.4 is 5.32 Å². The summed E-state index contributed by atoms with van der Waals surface area (Å²) in [6, 6.07) is 2.70. The Kier molecular flexibility index (Phi) is 2.84. The lowest BCUT2D eigenvalue weighted by Crippen LogP contribution is -2.48. The third-order valence-electron chi connectivity index (χ3n) is 2.76. The Morgan fingerprint density at radius 1 is 1.64 bits per heavy atom. The molecule has 0 amide bonds. The number of piperazine rings is 1. The summed E-state index contributed by atoms with van der Waals surface area (Å²) in [4.78, 5) is 2.47. The molecule has 4 heteroatoms. The van der Waals surface area contributed by atoms with Gasteiger partial charge in [0, 0.05) is 45.5 Å². The fraction of sp³-hybridized carbons (Fsp3) is 0.700. The fourth-order valence-corrected chi connectivity index (χ4v) is 1.94. The van der Waals surface area contributed by atoms with Gasteiger partial charge in [-0.2, -0.15) is 5.10 Å². The van der Waals surface area contributed by atoms with Gasteiger partial charge in [0.2, 0.25) is 0 Å². The minimum absolute atomic E-state index is 0.608. The summed E-state index contributed by atoms with van der Waals surface area (Å²) in [6.07, 6.45) is 1.86. The van der Waals surface area contributed by atoms with Gasteiger partial charge in [-0.3, -0.25) is 9.58 Å². The lowest BCUT2D eigenvalue weighted by atomic mass is 10.2. The molecule has 1 aliphatic heterocycles. The second-order valence-electron chi connectivity index (χ2n) is 4.04. The highest BCUT2D eigenvalue weighted by Crippen LogP contribution is 2.05. The van der Waals surface area contributed by atoms with E-state index in [1.165, 1.54) is 5.69 Å². The average molecular weight is 194 g/mol. The van der Waals surface area contributed by atoms with Crippen LogP contribution >= 0.6 is 0 Å². The summed E-state index contributed by atoms with van der Waals surface area (Å²) < 4.78 is 1.95. The van der Waals surface area contributed by atoms with Crippen LogP contribution in [-0.4, -0.2) is 40.4 Å². The number of hydrogen-bond donors (Lipinski definition) is 1. The first-order valence-electron chi connectivity index (χ1n) is 5.18. The molecule has 1 aromatic rings. The van der Waals surface area contributed by atoms with E-state index in [-0.39, 0.29) is 0 Å². The van der Waals surface area contributed by atoms with Crippen LogP contribution in [0.15, 0.2) is 12.3 Å². The Morgan fingerprint density at radius 2 is 2.50 bits per heavy atom. The van der Waals surface area contributed by atoms with Crippen molar-refractivity contribution in [3.63, 3.8) is 0 Å². The number of rotatable bonds is 2. The first-order valence-corrected chi connectivity index (χ1v) is 5.18. The van der Waals surface area contributed by atoms with E-state index in [1.807, 2.05) is 17.9 Å². The Bertz CT molecular complexity index is 294. The molecule has 1 unspecified atom stereocenters. The van der Waals surface area contributed by atoms with Crippen molar-refractivity contribution in [2.24, 2.45) is 7.05 Å². The van der Waals surface area contributed by atoms with Crippen molar-refractivity contribution >= 4 is 0 Å². The van der Waals surface area contributed by atoms with E-state index in [0.29, 0.717) is 6.04 Å².